The van der Waals surface area contributed by atoms with Gasteiger partial charge in [0, 0.05) is 0 Å². The number of nitrogens with one attached hydrogen (secondary N) is 1. The van der Waals surface area contributed by atoms with Crippen molar-refractivity contribution in [3.05, 3.63) is 16.7 Å². The molecule has 0 bridgehead atoms. The first-order chi connectivity index (χ1) is 10.9. The van der Waals surface area contributed by atoms with E-state index >= 15 is 0 Å². The molecule has 0 saturated heterocycles. The van der Waals surface area contributed by atoms with Crippen LogP contribution in [0, 0.1) is 5.92 Å². The first kappa shape index (κ1) is 26.0. The average molecular weight is 397 g/mol. The minimum Gasteiger partial charge on any atom is -0.462 e. The second kappa shape index (κ2) is 11.4. The minimum absolute atomic E-state index is 0. The average Bonchev–Trinajstić information content (AvgIpc) is 2.89. The Morgan fingerprint density at radius 1 is 1.35 bits per heavy atom. The smallest absolute Gasteiger partial charge is 0.323 e. The van der Waals surface area contributed by atoms with E-state index in [4.69, 9.17) is 20.9 Å². The van der Waals surface area contributed by atoms with Crippen molar-refractivity contribution in [1.82, 2.24) is 19.5 Å². The monoisotopic (exact) mass is 396 g/mol. The van der Waals surface area contributed by atoms with Crippen LogP contribution in [0.4, 0.5) is 5.95 Å². The Balaban J connectivity index is 0. The van der Waals surface area contributed by atoms with Gasteiger partial charge in [0.2, 0.25) is 5.95 Å². The van der Waals surface area contributed by atoms with E-state index in [1.165, 1.54) is 10.9 Å². The third kappa shape index (κ3) is 6.24. The van der Waals surface area contributed by atoms with E-state index in [2.05, 4.69) is 15.0 Å². The summed E-state index contributed by atoms with van der Waals surface area (Å²) in [5.41, 5.74) is 11.2. The predicted octanol–water partition coefficient (Wildman–Crippen LogP) is -2.03. The van der Waals surface area contributed by atoms with E-state index in [1.807, 2.05) is 13.8 Å². The SMILES string of the molecule is CC(C)C(N)C(=O)OCCOCn1cnc2c(=O)[nH]c(N)nc21.Cl.O.O. The molecule has 1 unspecified atom stereocenters. The summed E-state index contributed by atoms with van der Waals surface area (Å²) in [4.78, 5) is 33.5. The van der Waals surface area contributed by atoms with Crippen LogP contribution in [0.2, 0.25) is 0 Å². The molecule has 2 rings (SSSR count). The van der Waals surface area contributed by atoms with Crippen LogP contribution in [0.1, 0.15) is 13.8 Å². The molecule has 2 aromatic rings. The Morgan fingerprint density at radius 3 is 2.62 bits per heavy atom. The molecule has 0 aliphatic carbocycles. The molecule has 0 amide bonds. The van der Waals surface area contributed by atoms with Crippen molar-refractivity contribution in [2.24, 2.45) is 11.7 Å². The van der Waals surface area contributed by atoms with Crippen molar-refractivity contribution in [3.8, 4) is 0 Å². The highest BCUT2D eigenvalue weighted by atomic mass is 35.5. The number of ether oxygens (including phenoxy) is 2. The first-order valence-electron chi connectivity index (χ1n) is 7.10. The number of fused-ring (bicyclic) bond motifs is 1. The molecular formula is C13H25ClN6O6. The van der Waals surface area contributed by atoms with Gasteiger partial charge in [-0.25, -0.2) is 4.98 Å². The first-order valence-corrected chi connectivity index (χ1v) is 7.10. The van der Waals surface area contributed by atoms with Gasteiger partial charge >= 0.3 is 5.97 Å². The number of hydrogen-bond acceptors (Lipinski definition) is 8. The van der Waals surface area contributed by atoms with E-state index in [0.29, 0.717) is 5.65 Å². The van der Waals surface area contributed by atoms with Crippen LogP contribution in [0.25, 0.3) is 11.2 Å². The van der Waals surface area contributed by atoms with Crippen LogP contribution < -0.4 is 17.0 Å². The van der Waals surface area contributed by atoms with E-state index < -0.39 is 17.6 Å². The van der Waals surface area contributed by atoms with Gasteiger partial charge in [-0.15, -0.1) is 12.4 Å². The molecule has 0 aliphatic heterocycles. The molecule has 12 nitrogen and oxygen atoms in total. The standard InChI is InChI=1S/C13H20N6O4.ClH.2H2O/c1-7(2)8(14)12(21)23-4-3-22-6-19-5-16-9-10(19)17-13(15)18-11(9)20;;;/h5,7-8H,3-4,6,14H2,1-2H3,(H3,15,17,18,20);1H;2*1H2. The molecule has 2 aromatic heterocycles. The normalized spacial score (nSPS) is 11.2. The second-order valence-corrected chi connectivity index (χ2v) is 5.31. The fourth-order valence-electron chi connectivity index (χ4n) is 1.80. The lowest BCUT2D eigenvalue weighted by Crippen LogP contribution is -2.37. The number of nitrogens with zero attached hydrogens (tertiary/aromatic N) is 3. The zero-order valence-electron chi connectivity index (χ0n) is 14.4. The number of anilines is 1. The Hall–Kier alpha value is -2.25. The number of esters is 1. The van der Waals surface area contributed by atoms with Gasteiger partial charge in [0.25, 0.3) is 5.56 Å². The Labute approximate surface area is 154 Å². The zero-order chi connectivity index (χ0) is 17.0. The summed E-state index contributed by atoms with van der Waals surface area (Å²) in [7, 11) is 0. The number of halogens is 1. The number of aromatic amines is 1. The quantitative estimate of drug-likeness (QED) is 0.349. The van der Waals surface area contributed by atoms with Crippen LogP contribution >= 0.6 is 12.4 Å². The summed E-state index contributed by atoms with van der Waals surface area (Å²) in [5, 5.41) is 0. The lowest BCUT2D eigenvalue weighted by molar-refractivity contribution is -0.148. The predicted molar refractivity (Wildman–Crippen MR) is 96.8 cm³/mol. The molecule has 2 heterocycles. The molecule has 0 radical (unpaired) electrons. The van der Waals surface area contributed by atoms with E-state index in [9.17, 15) is 9.59 Å². The molecule has 0 spiro atoms. The number of H-pyrrole nitrogens is 1. The molecule has 13 heteroatoms. The highest BCUT2D eigenvalue weighted by Crippen LogP contribution is 2.06. The maximum absolute atomic E-state index is 11.6. The van der Waals surface area contributed by atoms with Crippen LogP contribution in [0.3, 0.4) is 0 Å². The summed E-state index contributed by atoms with van der Waals surface area (Å²) in [6, 6.07) is -0.647. The van der Waals surface area contributed by atoms with Crippen molar-refractivity contribution in [2.75, 3.05) is 18.9 Å². The lowest BCUT2D eigenvalue weighted by atomic mass is 10.1. The number of rotatable bonds is 7. The Bertz CT molecular complexity index is 748. The highest BCUT2D eigenvalue weighted by Gasteiger charge is 2.18. The third-order valence-corrected chi connectivity index (χ3v) is 3.19. The number of carbonyl (C=O) groups excluding carboxylic acids is 1. The molecule has 9 N–H and O–H groups in total. The third-order valence-electron chi connectivity index (χ3n) is 3.19. The fraction of sp³-hybridized carbons (Fsp3) is 0.538. The van der Waals surface area contributed by atoms with Gasteiger partial charge in [0.05, 0.1) is 12.9 Å². The highest BCUT2D eigenvalue weighted by molar-refractivity contribution is 5.85. The summed E-state index contributed by atoms with van der Waals surface area (Å²) in [6.45, 7) is 4.04. The van der Waals surface area contributed by atoms with Crippen LogP contribution in [-0.4, -0.2) is 55.7 Å². The summed E-state index contributed by atoms with van der Waals surface area (Å²) in [6.07, 6.45) is 1.42. The summed E-state index contributed by atoms with van der Waals surface area (Å²) in [5.74, 6) is -0.450. The van der Waals surface area contributed by atoms with Gasteiger partial charge in [-0.1, -0.05) is 13.8 Å². The number of hydrogen-bond donors (Lipinski definition) is 3. The molecule has 0 fully saturated rings. The van der Waals surface area contributed by atoms with Crippen molar-refractivity contribution in [1.29, 1.82) is 0 Å². The van der Waals surface area contributed by atoms with Gasteiger partial charge in [-0.05, 0) is 5.92 Å². The second-order valence-electron chi connectivity index (χ2n) is 5.31. The van der Waals surface area contributed by atoms with Crippen LogP contribution in [-0.2, 0) is 21.0 Å². The van der Waals surface area contributed by atoms with Gasteiger partial charge in [-0.3, -0.25) is 19.1 Å². The van der Waals surface area contributed by atoms with Gasteiger partial charge in [-0.2, -0.15) is 4.98 Å². The molecule has 0 aliphatic rings. The molecule has 0 saturated carbocycles. The summed E-state index contributed by atoms with van der Waals surface area (Å²) < 4.78 is 11.9. The van der Waals surface area contributed by atoms with Gasteiger partial charge < -0.3 is 31.9 Å². The minimum atomic E-state index is -0.647. The maximum Gasteiger partial charge on any atom is 0.323 e. The molecule has 0 aromatic carbocycles. The number of nitrogens with two attached hydrogens (primary N) is 2. The maximum atomic E-state index is 11.6. The van der Waals surface area contributed by atoms with Crippen LogP contribution in [0.15, 0.2) is 11.1 Å². The van der Waals surface area contributed by atoms with Crippen molar-refractivity contribution >= 4 is 35.5 Å². The number of aromatic nitrogens is 4. The van der Waals surface area contributed by atoms with E-state index in [-0.39, 0.29) is 60.7 Å². The van der Waals surface area contributed by atoms with Crippen molar-refractivity contribution in [2.45, 2.75) is 26.6 Å². The zero-order valence-corrected chi connectivity index (χ0v) is 15.2. The fourth-order valence-corrected chi connectivity index (χ4v) is 1.80. The van der Waals surface area contributed by atoms with E-state index in [1.54, 1.807) is 0 Å². The summed E-state index contributed by atoms with van der Waals surface area (Å²) >= 11 is 0. The lowest BCUT2D eigenvalue weighted by Gasteiger charge is -2.14. The van der Waals surface area contributed by atoms with Gasteiger partial charge in [0.1, 0.15) is 19.4 Å². The molecular weight excluding hydrogens is 372 g/mol. The van der Waals surface area contributed by atoms with Gasteiger partial charge in [0.15, 0.2) is 11.2 Å². The number of nitrogen functional groups attached to an aromatic ring is 1. The van der Waals surface area contributed by atoms with Crippen molar-refractivity contribution in [3.63, 3.8) is 0 Å². The van der Waals surface area contributed by atoms with E-state index in [0.717, 1.165) is 0 Å². The Morgan fingerprint density at radius 2 is 2.00 bits per heavy atom. The molecule has 1 atom stereocenters. The van der Waals surface area contributed by atoms with Crippen molar-refractivity contribution < 1.29 is 25.2 Å². The Kier molecular flexibility index (Phi) is 11.4. The number of imidazole rings is 1. The molecule has 26 heavy (non-hydrogen) atoms. The topological polar surface area (TPSA) is 214 Å². The van der Waals surface area contributed by atoms with Crippen LogP contribution in [0.5, 0.6) is 0 Å². The number of carbonyl (C=O) groups is 1. The largest absolute Gasteiger partial charge is 0.462 e. The molecule has 150 valence electrons.